The summed E-state index contributed by atoms with van der Waals surface area (Å²) in [4.78, 5) is 21.4. The fourth-order valence-corrected chi connectivity index (χ4v) is 0.588. The molecule has 14 heavy (non-hydrogen) atoms. The van der Waals surface area contributed by atoms with Crippen molar-refractivity contribution in [2.45, 2.75) is 33.3 Å². The number of hydrogen-bond acceptors (Lipinski definition) is 3. The van der Waals surface area contributed by atoms with Crippen LogP contribution in [-0.4, -0.2) is 22.8 Å². The van der Waals surface area contributed by atoms with Crippen molar-refractivity contribution >= 4 is 12.1 Å². The summed E-state index contributed by atoms with van der Waals surface area (Å²) in [5, 5.41) is 10.2. The number of hydrogen-bond donors (Lipinski definition) is 2. The van der Waals surface area contributed by atoms with Crippen molar-refractivity contribution in [1.82, 2.24) is 5.32 Å². The van der Waals surface area contributed by atoms with Crippen LogP contribution in [0.3, 0.4) is 0 Å². The van der Waals surface area contributed by atoms with E-state index in [9.17, 15) is 9.59 Å². The highest BCUT2D eigenvalue weighted by molar-refractivity contribution is 5.88. The Hall–Kier alpha value is -1.52. The Morgan fingerprint density at radius 1 is 1.36 bits per heavy atom. The second-order valence-electron chi connectivity index (χ2n) is 3.78. The van der Waals surface area contributed by atoms with Crippen molar-refractivity contribution in [1.29, 1.82) is 0 Å². The first kappa shape index (κ1) is 12.5. The Balaban J connectivity index is 4.26. The number of esters is 1. The standard InChI is InChI=1S/C9H15NO4/c1-6(5-10-8(12)13)7(11)14-9(2,3)4/h5,10H,1-4H3,(H,12,13). The molecule has 80 valence electrons. The third-order valence-electron chi connectivity index (χ3n) is 1.13. The summed E-state index contributed by atoms with van der Waals surface area (Å²) >= 11 is 0. The molecule has 5 heteroatoms. The lowest BCUT2D eigenvalue weighted by molar-refractivity contribution is -0.149. The molecule has 0 radical (unpaired) electrons. The molecule has 0 rings (SSSR count). The summed E-state index contributed by atoms with van der Waals surface area (Å²) in [6, 6.07) is 0. The molecular formula is C9H15NO4. The molecule has 0 atom stereocenters. The van der Waals surface area contributed by atoms with E-state index in [4.69, 9.17) is 9.84 Å². The molecule has 0 aromatic heterocycles. The van der Waals surface area contributed by atoms with Gasteiger partial charge in [0, 0.05) is 6.20 Å². The molecule has 0 saturated heterocycles. The maximum Gasteiger partial charge on any atom is 0.408 e. The van der Waals surface area contributed by atoms with E-state index < -0.39 is 17.7 Å². The van der Waals surface area contributed by atoms with E-state index in [1.165, 1.54) is 6.92 Å². The molecule has 0 unspecified atom stereocenters. The summed E-state index contributed by atoms with van der Waals surface area (Å²) in [5.74, 6) is -0.536. The van der Waals surface area contributed by atoms with Crippen molar-refractivity contribution < 1.29 is 19.4 Å². The number of carbonyl (C=O) groups excluding carboxylic acids is 1. The molecule has 0 saturated carbocycles. The summed E-state index contributed by atoms with van der Waals surface area (Å²) in [5.41, 5.74) is -0.364. The van der Waals surface area contributed by atoms with Crippen LogP contribution in [0.25, 0.3) is 0 Å². The second kappa shape index (κ2) is 4.64. The van der Waals surface area contributed by atoms with Gasteiger partial charge in [0.15, 0.2) is 0 Å². The lowest BCUT2D eigenvalue weighted by atomic mass is 10.2. The van der Waals surface area contributed by atoms with E-state index >= 15 is 0 Å². The summed E-state index contributed by atoms with van der Waals surface area (Å²) in [6.45, 7) is 6.69. The predicted octanol–water partition coefficient (Wildman–Crippen LogP) is 1.50. The number of ether oxygens (including phenoxy) is 1. The number of amides is 1. The highest BCUT2D eigenvalue weighted by Gasteiger charge is 2.17. The largest absolute Gasteiger partial charge is 0.465 e. The summed E-state index contributed by atoms with van der Waals surface area (Å²) < 4.78 is 4.99. The Morgan fingerprint density at radius 2 is 1.86 bits per heavy atom. The van der Waals surface area contributed by atoms with Crippen LogP contribution >= 0.6 is 0 Å². The number of carboxylic acid groups (broad SMARTS) is 1. The van der Waals surface area contributed by atoms with Crippen LogP contribution in [0.15, 0.2) is 11.8 Å². The van der Waals surface area contributed by atoms with Crippen molar-refractivity contribution in [3.05, 3.63) is 11.8 Å². The zero-order chi connectivity index (χ0) is 11.4. The SMILES string of the molecule is CC(=CNC(=O)O)C(=O)OC(C)(C)C. The summed E-state index contributed by atoms with van der Waals surface area (Å²) in [7, 11) is 0. The number of rotatable bonds is 2. The maximum absolute atomic E-state index is 11.2. The normalized spacial score (nSPS) is 12.1. The number of nitrogens with one attached hydrogen (secondary N) is 1. The first-order valence-corrected chi connectivity index (χ1v) is 4.12. The van der Waals surface area contributed by atoms with E-state index in [2.05, 4.69) is 0 Å². The maximum atomic E-state index is 11.2. The average Bonchev–Trinajstić information content (AvgIpc) is 1.96. The van der Waals surface area contributed by atoms with Gasteiger partial charge in [-0.15, -0.1) is 0 Å². The van der Waals surface area contributed by atoms with Gasteiger partial charge in [0.1, 0.15) is 5.60 Å². The molecule has 0 fully saturated rings. The van der Waals surface area contributed by atoms with E-state index in [0.29, 0.717) is 0 Å². The van der Waals surface area contributed by atoms with E-state index in [0.717, 1.165) is 6.20 Å². The zero-order valence-corrected chi connectivity index (χ0v) is 8.75. The predicted molar refractivity (Wildman–Crippen MR) is 50.8 cm³/mol. The molecule has 5 nitrogen and oxygen atoms in total. The van der Waals surface area contributed by atoms with Gasteiger partial charge in [-0.25, -0.2) is 9.59 Å². The van der Waals surface area contributed by atoms with Crippen molar-refractivity contribution in [2.24, 2.45) is 0 Å². The molecular weight excluding hydrogens is 186 g/mol. The molecule has 0 bridgehead atoms. The quantitative estimate of drug-likeness (QED) is 0.524. The average molecular weight is 201 g/mol. The smallest absolute Gasteiger partial charge is 0.408 e. The zero-order valence-electron chi connectivity index (χ0n) is 8.75. The third kappa shape index (κ3) is 6.05. The molecule has 0 spiro atoms. The van der Waals surface area contributed by atoms with Crippen LogP contribution in [0.1, 0.15) is 27.7 Å². The topological polar surface area (TPSA) is 75.6 Å². The van der Waals surface area contributed by atoms with Crippen molar-refractivity contribution in [3.63, 3.8) is 0 Å². The molecule has 0 aromatic carbocycles. The van der Waals surface area contributed by atoms with Gasteiger partial charge in [-0.3, -0.25) is 5.32 Å². The van der Waals surface area contributed by atoms with Crippen LogP contribution < -0.4 is 5.32 Å². The van der Waals surface area contributed by atoms with Crippen LogP contribution in [0.4, 0.5) is 4.79 Å². The third-order valence-corrected chi connectivity index (χ3v) is 1.13. The fraction of sp³-hybridized carbons (Fsp3) is 0.556. The molecule has 1 amide bonds. The Kier molecular flexibility index (Phi) is 4.14. The molecule has 0 aromatic rings. The minimum absolute atomic E-state index is 0.210. The molecule has 2 N–H and O–H groups in total. The van der Waals surface area contributed by atoms with Gasteiger partial charge in [-0.2, -0.15) is 0 Å². The lowest BCUT2D eigenvalue weighted by Gasteiger charge is -2.19. The lowest BCUT2D eigenvalue weighted by Crippen LogP contribution is -2.25. The van der Waals surface area contributed by atoms with Gasteiger partial charge < -0.3 is 9.84 Å². The van der Waals surface area contributed by atoms with Crippen LogP contribution in [-0.2, 0) is 9.53 Å². The van der Waals surface area contributed by atoms with E-state index in [1.807, 2.05) is 5.32 Å². The highest BCUT2D eigenvalue weighted by Crippen LogP contribution is 2.09. The second-order valence-corrected chi connectivity index (χ2v) is 3.78. The Bertz CT molecular complexity index is 262. The monoisotopic (exact) mass is 201 g/mol. The minimum atomic E-state index is -1.21. The van der Waals surface area contributed by atoms with Gasteiger partial charge in [0.05, 0.1) is 5.57 Å². The Labute approximate surface area is 82.7 Å². The highest BCUT2D eigenvalue weighted by atomic mass is 16.6. The first-order valence-electron chi connectivity index (χ1n) is 4.12. The van der Waals surface area contributed by atoms with Gasteiger partial charge in [0.25, 0.3) is 0 Å². The van der Waals surface area contributed by atoms with Gasteiger partial charge in [-0.1, -0.05) is 0 Å². The van der Waals surface area contributed by atoms with Gasteiger partial charge in [-0.05, 0) is 27.7 Å². The molecule has 0 heterocycles. The van der Waals surface area contributed by atoms with Crippen molar-refractivity contribution in [2.75, 3.05) is 0 Å². The van der Waals surface area contributed by atoms with E-state index in [1.54, 1.807) is 20.8 Å². The molecule has 0 aliphatic rings. The molecule has 0 aliphatic carbocycles. The minimum Gasteiger partial charge on any atom is -0.465 e. The molecule has 0 aliphatic heterocycles. The first-order chi connectivity index (χ1) is 6.22. The van der Waals surface area contributed by atoms with Crippen LogP contribution in [0.2, 0.25) is 0 Å². The fourth-order valence-electron chi connectivity index (χ4n) is 0.588. The Morgan fingerprint density at radius 3 is 2.21 bits per heavy atom. The summed E-state index contributed by atoms with van der Waals surface area (Å²) in [6.07, 6.45) is -0.121. The van der Waals surface area contributed by atoms with Gasteiger partial charge in [0.2, 0.25) is 0 Å². The van der Waals surface area contributed by atoms with Gasteiger partial charge >= 0.3 is 12.1 Å². The van der Waals surface area contributed by atoms with Crippen molar-refractivity contribution in [3.8, 4) is 0 Å². The number of carbonyl (C=O) groups is 2. The van der Waals surface area contributed by atoms with E-state index in [-0.39, 0.29) is 5.57 Å². The van der Waals surface area contributed by atoms with Crippen LogP contribution in [0, 0.1) is 0 Å². The van der Waals surface area contributed by atoms with Crippen LogP contribution in [0.5, 0.6) is 0 Å².